The van der Waals surface area contributed by atoms with Crippen molar-refractivity contribution >= 4 is 23.6 Å². The minimum atomic E-state index is -0.926. The molecule has 1 atom stereocenters. The second-order valence-electron chi connectivity index (χ2n) is 6.29. The highest BCUT2D eigenvalue weighted by atomic mass is 32.2. The highest BCUT2D eigenvalue weighted by Crippen LogP contribution is 2.14. The van der Waals surface area contributed by atoms with Crippen LogP contribution in [0, 0.1) is 5.92 Å². The maximum atomic E-state index is 11.9. The van der Waals surface area contributed by atoms with Crippen molar-refractivity contribution < 1.29 is 14.7 Å². The second kappa shape index (κ2) is 10.3. The van der Waals surface area contributed by atoms with E-state index in [1.165, 1.54) is 18.2 Å². The van der Waals surface area contributed by atoms with Gasteiger partial charge in [-0.3, -0.25) is 4.79 Å². The number of thioether (sulfide) groups is 1. The number of aromatic carboxylic acids is 1. The number of rotatable bonds is 10. The van der Waals surface area contributed by atoms with Crippen LogP contribution in [0.5, 0.6) is 0 Å². The Morgan fingerprint density at radius 1 is 1.22 bits per heavy atom. The molecule has 5 heteroatoms. The smallest absolute Gasteiger partial charge is 0.335 e. The highest BCUT2D eigenvalue weighted by Gasteiger charge is 2.08. The van der Waals surface area contributed by atoms with Crippen LogP contribution in [-0.4, -0.2) is 28.8 Å². The zero-order valence-corrected chi connectivity index (χ0v) is 15.0. The first-order chi connectivity index (χ1) is 10.9. The van der Waals surface area contributed by atoms with E-state index in [0.717, 1.165) is 18.4 Å². The molecular weight excluding hydrogens is 310 g/mol. The van der Waals surface area contributed by atoms with Gasteiger partial charge in [-0.25, -0.2) is 4.79 Å². The van der Waals surface area contributed by atoms with Crippen LogP contribution >= 0.6 is 11.8 Å². The summed E-state index contributed by atoms with van der Waals surface area (Å²) in [6.45, 7) is 6.46. The van der Waals surface area contributed by atoms with Crippen molar-refractivity contribution in [1.29, 1.82) is 0 Å². The van der Waals surface area contributed by atoms with Gasteiger partial charge in [0, 0.05) is 11.8 Å². The van der Waals surface area contributed by atoms with E-state index >= 15 is 0 Å². The molecular formula is C18H27NO3S. The Labute approximate surface area is 143 Å². The molecule has 0 spiro atoms. The molecule has 23 heavy (non-hydrogen) atoms. The van der Waals surface area contributed by atoms with E-state index in [9.17, 15) is 9.59 Å². The Hall–Kier alpha value is -1.49. The lowest BCUT2D eigenvalue weighted by Crippen LogP contribution is -2.33. The average Bonchev–Trinajstić information content (AvgIpc) is 2.47. The SMILES string of the molecule is CC(C)CCC[C@@H](C)NC(=O)CSCc1cccc(C(=O)O)c1. The maximum absolute atomic E-state index is 11.9. The first-order valence-corrected chi connectivity index (χ1v) is 9.23. The molecule has 0 saturated heterocycles. The third-order valence-electron chi connectivity index (χ3n) is 3.50. The zero-order valence-electron chi connectivity index (χ0n) is 14.2. The minimum absolute atomic E-state index is 0.0430. The van der Waals surface area contributed by atoms with Crippen LogP contribution in [0.25, 0.3) is 0 Å². The van der Waals surface area contributed by atoms with E-state index in [1.807, 2.05) is 13.0 Å². The number of carbonyl (C=O) groups is 2. The Bertz CT molecular complexity index is 517. The minimum Gasteiger partial charge on any atom is -0.478 e. The first kappa shape index (κ1) is 19.6. The second-order valence-corrected chi connectivity index (χ2v) is 7.28. The standard InChI is InChI=1S/C18H27NO3S/c1-13(2)6-4-7-14(3)19-17(20)12-23-11-15-8-5-9-16(10-15)18(21)22/h5,8-10,13-14H,4,6-7,11-12H2,1-3H3,(H,19,20)(H,21,22)/t14-/m1/s1. The Kier molecular flexibility index (Phi) is 8.77. The third-order valence-corrected chi connectivity index (χ3v) is 4.51. The fourth-order valence-corrected chi connectivity index (χ4v) is 3.06. The molecule has 0 aliphatic heterocycles. The van der Waals surface area contributed by atoms with E-state index in [1.54, 1.807) is 18.2 Å². The summed E-state index contributed by atoms with van der Waals surface area (Å²) in [4.78, 5) is 22.8. The summed E-state index contributed by atoms with van der Waals surface area (Å²) in [5.74, 6) is 0.850. The van der Waals surface area contributed by atoms with Gasteiger partial charge in [-0.05, 0) is 37.0 Å². The molecule has 0 aliphatic rings. The van der Waals surface area contributed by atoms with Crippen LogP contribution in [0.4, 0.5) is 0 Å². The van der Waals surface area contributed by atoms with Crippen molar-refractivity contribution in [2.24, 2.45) is 5.92 Å². The molecule has 0 heterocycles. The summed E-state index contributed by atoms with van der Waals surface area (Å²) in [6, 6.07) is 7.04. The van der Waals surface area contributed by atoms with Gasteiger partial charge in [0.25, 0.3) is 0 Å². The molecule has 4 nitrogen and oxygen atoms in total. The number of carboxylic acids is 1. The summed E-state index contributed by atoms with van der Waals surface area (Å²) in [6.07, 6.45) is 3.33. The molecule has 1 amide bonds. The van der Waals surface area contributed by atoms with Gasteiger partial charge in [0.1, 0.15) is 0 Å². The summed E-state index contributed by atoms with van der Waals surface area (Å²) >= 11 is 1.50. The fourth-order valence-electron chi connectivity index (χ4n) is 2.28. The lowest BCUT2D eigenvalue weighted by Gasteiger charge is -2.14. The molecule has 0 aromatic heterocycles. The highest BCUT2D eigenvalue weighted by molar-refractivity contribution is 7.99. The van der Waals surface area contributed by atoms with Crippen molar-refractivity contribution in [1.82, 2.24) is 5.32 Å². The zero-order chi connectivity index (χ0) is 17.2. The molecule has 128 valence electrons. The number of carboxylic acid groups (broad SMARTS) is 1. The normalized spacial score (nSPS) is 12.2. The van der Waals surface area contributed by atoms with Crippen LogP contribution < -0.4 is 5.32 Å². The van der Waals surface area contributed by atoms with Gasteiger partial charge in [0.2, 0.25) is 5.91 Å². The maximum Gasteiger partial charge on any atom is 0.335 e. The van der Waals surface area contributed by atoms with E-state index in [-0.39, 0.29) is 17.5 Å². The van der Waals surface area contributed by atoms with Crippen molar-refractivity contribution in [3.05, 3.63) is 35.4 Å². The molecule has 0 radical (unpaired) electrons. The van der Waals surface area contributed by atoms with Gasteiger partial charge in [-0.1, -0.05) is 38.8 Å². The molecule has 0 unspecified atom stereocenters. The Balaban J connectivity index is 2.26. The van der Waals surface area contributed by atoms with Crippen molar-refractivity contribution in [3.63, 3.8) is 0 Å². The van der Waals surface area contributed by atoms with Gasteiger partial charge in [0.15, 0.2) is 0 Å². The number of carbonyl (C=O) groups excluding carboxylic acids is 1. The largest absolute Gasteiger partial charge is 0.478 e. The molecule has 0 aliphatic carbocycles. The van der Waals surface area contributed by atoms with Gasteiger partial charge in [0.05, 0.1) is 11.3 Å². The average molecular weight is 337 g/mol. The predicted octanol–water partition coefficient (Wildman–Crippen LogP) is 3.95. The van der Waals surface area contributed by atoms with Gasteiger partial charge < -0.3 is 10.4 Å². The topological polar surface area (TPSA) is 66.4 Å². The number of hydrogen-bond acceptors (Lipinski definition) is 3. The molecule has 1 aromatic carbocycles. The number of benzene rings is 1. The lowest BCUT2D eigenvalue weighted by molar-refractivity contribution is -0.119. The summed E-state index contributed by atoms with van der Waals surface area (Å²) < 4.78 is 0. The molecule has 0 bridgehead atoms. The summed E-state index contributed by atoms with van der Waals surface area (Å²) in [5.41, 5.74) is 1.21. The Morgan fingerprint density at radius 2 is 1.96 bits per heavy atom. The molecule has 1 aromatic rings. The first-order valence-electron chi connectivity index (χ1n) is 8.07. The van der Waals surface area contributed by atoms with Crippen molar-refractivity contribution in [3.8, 4) is 0 Å². The summed E-state index contributed by atoms with van der Waals surface area (Å²) in [5, 5.41) is 12.0. The van der Waals surface area contributed by atoms with Crippen molar-refractivity contribution in [2.45, 2.75) is 51.8 Å². The fraction of sp³-hybridized carbons (Fsp3) is 0.556. The molecule has 0 saturated carbocycles. The summed E-state index contributed by atoms with van der Waals surface area (Å²) in [7, 11) is 0. The van der Waals surface area contributed by atoms with Crippen LogP contribution in [0.15, 0.2) is 24.3 Å². The molecule has 0 fully saturated rings. The van der Waals surface area contributed by atoms with Crippen LogP contribution in [0.3, 0.4) is 0 Å². The van der Waals surface area contributed by atoms with E-state index in [4.69, 9.17) is 5.11 Å². The Morgan fingerprint density at radius 3 is 2.61 bits per heavy atom. The monoisotopic (exact) mass is 337 g/mol. The van der Waals surface area contributed by atoms with Gasteiger partial charge in [-0.2, -0.15) is 0 Å². The van der Waals surface area contributed by atoms with E-state index < -0.39 is 5.97 Å². The molecule has 1 rings (SSSR count). The molecule has 2 N–H and O–H groups in total. The number of nitrogens with one attached hydrogen (secondary N) is 1. The lowest BCUT2D eigenvalue weighted by atomic mass is 10.0. The van der Waals surface area contributed by atoms with Gasteiger partial charge >= 0.3 is 5.97 Å². The van der Waals surface area contributed by atoms with E-state index in [2.05, 4.69) is 19.2 Å². The van der Waals surface area contributed by atoms with Crippen LogP contribution in [-0.2, 0) is 10.5 Å². The van der Waals surface area contributed by atoms with Crippen molar-refractivity contribution in [2.75, 3.05) is 5.75 Å². The van der Waals surface area contributed by atoms with E-state index in [0.29, 0.717) is 17.4 Å². The van der Waals surface area contributed by atoms with Crippen LogP contribution in [0.1, 0.15) is 56.0 Å². The quantitative estimate of drug-likeness (QED) is 0.678. The van der Waals surface area contributed by atoms with Gasteiger partial charge in [-0.15, -0.1) is 11.8 Å². The number of hydrogen-bond donors (Lipinski definition) is 2. The number of amides is 1. The van der Waals surface area contributed by atoms with Crippen LogP contribution in [0.2, 0.25) is 0 Å². The third kappa shape index (κ3) is 8.65. The predicted molar refractivity (Wildman–Crippen MR) is 95.9 cm³/mol.